The Labute approximate surface area is 368 Å². The van der Waals surface area contributed by atoms with Gasteiger partial charge in [0.2, 0.25) is 6.71 Å². The van der Waals surface area contributed by atoms with Gasteiger partial charge in [0.1, 0.15) is 0 Å². The summed E-state index contributed by atoms with van der Waals surface area (Å²) in [4.78, 5) is 2.69. The molecule has 61 heavy (non-hydrogen) atoms. The number of anilines is 4. The van der Waals surface area contributed by atoms with E-state index in [9.17, 15) is 0 Å². The second-order valence-corrected chi connectivity index (χ2v) is 22.7. The van der Waals surface area contributed by atoms with Gasteiger partial charge in [-0.3, -0.25) is 0 Å². The minimum absolute atomic E-state index is 0.0216. The lowest BCUT2D eigenvalue weighted by molar-refractivity contribution is 0.332. The van der Waals surface area contributed by atoms with Gasteiger partial charge < -0.3 is 10.2 Å². The molecule has 0 saturated heterocycles. The van der Waals surface area contributed by atoms with Crippen molar-refractivity contribution in [3.05, 3.63) is 159 Å². The maximum absolute atomic E-state index is 3.95. The topological polar surface area (TPSA) is 15.3 Å². The minimum Gasteiger partial charge on any atom is -0.362 e. The highest BCUT2D eigenvalue weighted by Crippen LogP contribution is 2.54. The van der Waals surface area contributed by atoms with Crippen molar-refractivity contribution >= 4 is 57.0 Å². The van der Waals surface area contributed by atoms with Crippen LogP contribution in [0.25, 0.3) is 11.1 Å². The van der Waals surface area contributed by atoms with Gasteiger partial charge in [0.05, 0.1) is 0 Å². The van der Waals surface area contributed by atoms with Gasteiger partial charge in [-0.1, -0.05) is 154 Å². The Morgan fingerprint density at radius 3 is 1.90 bits per heavy atom. The van der Waals surface area contributed by atoms with E-state index in [4.69, 9.17) is 0 Å². The molecule has 1 N–H and O–H groups in total. The normalized spacial score (nSPS) is 21.4. The Kier molecular flexibility index (Phi) is 9.49. The number of rotatable bonds is 2. The average Bonchev–Trinajstić information content (AvgIpc) is 3.36. The first-order valence-electron chi connectivity index (χ1n) is 22.9. The lowest BCUT2D eigenvalue weighted by atomic mass is 9.33. The summed E-state index contributed by atoms with van der Waals surface area (Å²) < 4.78 is 0. The lowest BCUT2D eigenvalue weighted by Gasteiger charge is -2.46. The molecule has 0 bridgehead atoms. The van der Waals surface area contributed by atoms with Crippen molar-refractivity contribution in [2.75, 3.05) is 10.2 Å². The summed E-state index contributed by atoms with van der Waals surface area (Å²) in [5.41, 5.74) is 24.3. The van der Waals surface area contributed by atoms with Gasteiger partial charge in [0.25, 0.3) is 0 Å². The zero-order valence-corrected chi connectivity index (χ0v) is 39.5. The van der Waals surface area contributed by atoms with Crippen LogP contribution in [0.5, 0.6) is 0 Å². The summed E-state index contributed by atoms with van der Waals surface area (Å²) in [5, 5.41) is 3.95. The zero-order chi connectivity index (χ0) is 43.6. The number of nitrogens with one attached hydrogen (secondary N) is 1. The number of aryl methyl sites for hydroxylation is 2. The number of fused-ring (bicyclic) bond motifs is 6. The van der Waals surface area contributed by atoms with E-state index in [1.165, 1.54) is 108 Å². The molecule has 312 valence electrons. The maximum atomic E-state index is 3.95. The summed E-state index contributed by atoms with van der Waals surface area (Å²) in [6, 6.07) is 33.4. The van der Waals surface area contributed by atoms with Crippen molar-refractivity contribution in [1.29, 1.82) is 0 Å². The van der Waals surface area contributed by atoms with Crippen molar-refractivity contribution in [3.63, 3.8) is 0 Å². The quantitative estimate of drug-likeness (QED) is 0.175. The molecule has 0 fully saturated rings. The Balaban J connectivity index is 1.43. The third-order valence-electron chi connectivity index (χ3n) is 15.1. The molecule has 2 aliphatic carbocycles. The van der Waals surface area contributed by atoms with E-state index in [1.807, 2.05) is 0 Å². The second kappa shape index (κ2) is 14.0. The molecule has 2 heterocycles. The van der Waals surface area contributed by atoms with Gasteiger partial charge in [-0.25, -0.2) is 0 Å². The smallest absolute Gasteiger partial charge is 0.250 e. The molecule has 0 saturated carbocycles. The minimum atomic E-state index is -0.0237. The lowest BCUT2D eigenvalue weighted by Crippen LogP contribution is -2.59. The molecule has 4 aliphatic rings. The summed E-state index contributed by atoms with van der Waals surface area (Å²) in [6.45, 7) is 33.7. The van der Waals surface area contributed by atoms with Gasteiger partial charge in [0, 0.05) is 28.9 Å². The summed E-state index contributed by atoms with van der Waals surface area (Å²) >= 11 is 0. The van der Waals surface area contributed by atoms with Gasteiger partial charge in [-0.2, -0.15) is 0 Å². The van der Waals surface area contributed by atoms with Crippen molar-refractivity contribution in [2.45, 2.75) is 143 Å². The molecule has 0 atom stereocenters. The predicted octanol–water partition coefficient (Wildman–Crippen LogP) is 13.6. The van der Waals surface area contributed by atoms with Crippen LogP contribution in [-0.4, -0.2) is 6.71 Å². The molecule has 9 rings (SSSR count). The van der Waals surface area contributed by atoms with Gasteiger partial charge in [-0.15, -0.1) is 0 Å². The number of hydrogen-bond donors (Lipinski definition) is 1. The van der Waals surface area contributed by atoms with Crippen molar-refractivity contribution in [1.82, 2.24) is 0 Å². The number of allylic oxidation sites excluding steroid dienone is 5. The van der Waals surface area contributed by atoms with Crippen LogP contribution in [0.4, 0.5) is 22.7 Å². The predicted molar refractivity (Wildman–Crippen MR) is 267 cm³/mol. The van der Waals surface area contributed by atoms with Crippen LogP contribution in [0.3, 0.4) is 0 Å². The van der Waals surface area contributed by atoms with E-state index in [2.05, 4.69) is 217 Å². The monoisotopic (exact) mass is 803 g/mol. The number of benzene rings is 5. The highest BCUT2D eigenvalue weighted by atomic mass is 15.2. The van der Waals surface area contributed by atoms with E-state index in [0.29, 0.717) is 0 Å². The van der Waals surface area contributed by atoms with Crippen molar-refractivity contribution < 1.29 is 0 Å². The fraction of sp³-hybridized carbons (Fsp3) is 0.379. The Morgan fingerprint density at radius 2 is 1.23 bits per heavy atom. The standard InChI is InChI=1S/C58H67BN2/c1-36-28-49-53-52(29-36)61(50-33-46-43(30-38(50)3)57(11,12)35-58(46,13)14)51-34-45-44(55(7,8)25-26-56(45,9)10)32-48(51)59(53)47-31-41(54(4,5)6)22-23-42(47)37(2)20-21-40(24-27-60-49)39-18-16-15-17-19-39/h15-24,27-34,60H,25-26,35H2,1-14H3/b27-24+,37-20-,40-21+. The Bertz CT molecular complexity index is 2710. The summed E-state index contributed by atoms with van der Waals surface area (Å²) in [5.74, 6) is 0. The molecular weight excluding hydrogens is 735 g/mol. The van der Waals surface area contributed by atoms with E-state index in [0.717, 1.165) is 12.1 Å². The average molecular weight is 803 g/mol. The van der Waals surface area contributed by atoms with Crippen LogP contribution < -0.4 is 26.6 Å². The molecule has 0 spiro atoms. The molecule has 0 unspecified atom stereocenters. The molecule has 0 amide bonds. The molecule has 3 heteroatoms. The van der Waals surface area contributed by atoms with E-state index in [1.54, 1.807) is 0 Å². The Hall–Kier alpha value is -5.02. The van der Waals surface area contributed by atoms with E-state index < -0.39 is 0 Å². The SMILES string of the molecule is C/C1=C/C=C(c2ccccc2)\C=C\Nc2cc(C)cc3c2B(c2cc(C(C)(C)C)ccc21)c1cc2c(cc1N3c1cc3c(cc1C)C(C)(C)CC3(C)C)C(C)(C)CCC2(C)C. The first-order valence-corrected chi connectivity index (χ1v) is 22.9. The summed E-state index contributed by atoms with van der Waals surface area (Å²) in [7, 11) is 0. The molecule has 0 radical (unpaired) electrons. The first kappa shape index (κ1) is 41.3. The highest BCUT2D eigenvalue weighted by Gasteiger charge is 2.46. The van der Waals surface area contributed by atoms with Crippen LogP contribution in [-0.2, 0) is 27.1 Å². The molecule has 2 aliphatic heterocycles. The van der Waals surface area contributed by atoms with Crippen LogP contribution >= 0.6 is 0 Å². The van der Waals surface area contributed by atoms with Gasteiger partial charge >= 0.3 is 0 Å². The largest absolute Gasteiger partial charge is 0.362 e. The van der Waals surface area contributed by atoms with Crippen molar-refractivity contribution in [2.24, 2.45) is 0 Å². The zero-order valence-electron chi connectivity index (χ0n) is 39.5. The van der Waals surface area contributed by atoms with Gasteiger partial charge in [0.15, 0.2) is 0 Å². The first-order chi connectivity index (χ1) is 28.6. The van der Waals surface area contributed by atoms with Gasteiger partial charge in [-0.05, 0) is 170 Å². The third-order valence-corrected chi connectivity index (χ3v) is 15.1. The third kappa shape index (κ3) is 6.86. The molecule has 5 aromatic carbocycles. The molecule has 5 aromatic rings. The van der Waals surface area contributed by atoms with Crippen LogP contribution in [0.15, 0.2) is 109 Å². The second-order valence-electron chi connectivity index (χ2n) is 22.7. The van der Waals surface area contributed by atoms with E-state index >= 15 is 0 Å². The fourth-order valence-corrected chi connectivity index (χ4v) is 11.7. The fourth-order valence-electron chi connectivity index (χ4n) is 11.7. The van der Waals surface area contributed by atoms with Crippen LogP contribution in [0.1, 0.15) is 152 Å². The maximum Gasteiger partial charge on any atom is 0.250 e. The molecule has 2 nitrogen and oxygen atoms in total. The molecule has 0 aromatic heterocycles. The van der Waals surface area contributed by atoms with Crippen LogP contribution in [0, 0.1) is 13.8 Å². The number of nitrogens with zero attached hydrogens (tertiary/aromatic N) is 1. The molecular formula is C58H67BN2. The Morgan fingerprint density at radius 1 is 0.607 bits per heavy atom. The van der Waals surface area contributed by atoms with Crippen LogP contribution in [0.2, 0.25) is 0 Å². The number of hydrogen-bond acceptors (Lipinski definition) is 2. The van der Waals surface area contributed by atoms with E-state index in [-0.39, 0.29) is 33.8 Å². The van der Waals surface area contributed by atoms with Crippen molar-refractivity contribution in [3.8, 4) is 0 Å². The summed E-state index contributed by atoms with van der Waals surface area (Å²) in [6.07, 6.45) is 12.5. The highest BCUT2D eigenvalue weighted by molar-refractivity contribution is 6.99.